The first kappa shape index (κ1) is 18.9. The number of halogens is 2. The third-order valence-corrected chi connectivity index (χ3v) is 4.56. The van der Waals surface area contributed by atoms with Crippen molar-refractivity contribution in [2.75, 3.05) is 0 Å². The summed E-state index contributed by atoms with van der Waals surface area (Å²) in [6.45, 7) is 4.14. The van der Waals surface area contributed by atoms with Crippen molar-refractivity contribution in [1.82, 2.24) is 0 Å². The van der Waals surface area contributed by atoms with Gasteiger partial charge in [0.15, 0.2) is 11.6 Å². The molecule has 0 spiro atoms. The number of hydrogen-bond donors (Lipinski definition) is 0. The van der Waals surface area contributed by atoms with E-state index in [4.69, 9.17) is 0 Å². The van der Waals surface area contributed by atoms with Gasteiger partial charge in [0.05, 0.1) is 5.56 Å². The highest BCUT2D eigenvalue weighted by molar-refractivity contribution is 5.66. The van der Waals surface area contributed by atoms with Crippen LogP contribution in [0, 0.1) is 30.4 Å². The number of unbranched alkanes of at least 4 members (excludes halogenated alkanes) is 1. The topological polar surface area (TPSA) is 0 Å². The molecule has 0 fully saturated rings. The van der Waals surface area contributed by atoms with Gasteiger partial charge in [-0.15, -0.1) is 0 Å². The summed E-state index contributed by atoms with van der Waals surface area (Å²) in [4.78, 5) is 0. The summed E-state index contributed by atoms with van der Waals surface area (Å²) >= 11 is 0. The lowest BCUT2D eigenvalue weighted by Crippen LogP contribution is -1.94. The Morgan fingerprint density at radius 3 is 2.15 bits per heavy atom. The zero-order valence-corrected chi connectivity index (χ0v) is 15.7. The van der Waals surface area contributed by atoms with Gasteiger partial charge in [0.25, 0.3) is 0 Å². The molecule has 0 aromatic heterocycles. The highest BCUT2D eigenvalue weighted by Crippen LogP contribution is 2.27. The minimum Gasteiger partial charge on any atom is -0.203 e. The van der Waals surface area contributed by atoms with E-state index < -0.39 is 11.6 Å². The maximum Gasteiger partial charge on any atom is 0.175 e. The first-order chi connectivity index (χ1) is 13.1. The molecule has 0 radical (unpaired) electrons. The van der Waals surface area contributed by atoms with Crippen molar-refractivity contribution in [1.29, 1.82) is 0 Å². The van der Waals surface area contributed by atoms with E-state index in [-0.39, 0.29) is 11.1 Å². The van der Waals surface area contributed by atoms with Crippen molar-refractivity contribution >= 4 is 0 Å². The summed E-state index contributed by atoms with van der Waals surface area (Å²) in [6, 6.07) is 18.4. The molecule has 0 amide bonds. The summed E-state index contributed by atoms with van der Waals surface area (Å²) < 4.78 is 29.1. The molecule has 3 aromatic carbocycles. The maximum absolute atomic E-state index is 14.6. The van der Waals surface area contributed by atoms with E-state index in [0.29, 0.717) is 5.56 Å². The Bertz CT molecular complexity index is 972. The van der Waals surface area contributed by atoms with Crippen molar-refractivity contribution in [2.24, 2.45) is 0 Å². The molecule has 0 saturated carbocycles. The summed E-state index contributed by atoms with van der Waals surface area (Å²) in [6.07, 6.45) is 3.25. The van der Waals surface area contributed by atoms with Gasteiger partial charge in [-0.3, -0.25) is 0 Å². The van der Waals surface area contributed by atoms with Crippen LogP contribution in [-0.2, 0) is 6.42 Å². The highest BCUT2D eigenvalue weighted by Gasteiger charge is 2.13. The molecule has 3 aromatic rings. The lowest BCUT2D eigenvalue weighted by molar-refractivity contribution is 0.509. The Balaban J connectivity index is 1.86. The second-order valence-electron chi connectivity index (χ2n) is 6.71. The molecule has 0 heterocycles. The van der Waals surface area contributed by atoms with Gasteiger partial charge in [-0.2, -0.15) is 0 Å². The van der Waals surface area contributed by atoms with Crippen LogP contribution in [0.3, 0.4) is 0 Å². The maximum atomic E-state index is 14.6. The third kappa shape index (κ3) is 4.63. The molecule has 27 heavy (non-hydrogen) atoms. The molecule has 0 nitrogen and oxygen atoms in total. The molecule has 0 bridgehead atoms. The Labute approximate surface area is 159 Å². The molecular formula is C25H22F2. The van der Waals surface area contributed by atoms with Gasteiger partial charge >= 0.3 is 0 Å². The molecule has 0 aliphatic carbocycles. The molecule has 0 saturated heterocycles. The van der Waals surface area contributed by atoms with Gasteiger partial charge in [-0.05, 0) is 55.2 Å². The van der Waals surface area contributed by atoms with E-state index in [9.17, 15) is 8.78 Å². The SMILES string of the molecule is CCCCc1ccc(-c2ccc(C#Cc3ccc(C)cc3)c(F)c2F)cc1. The van der Waals surface area contributed by atoms with Crippen LogP contribution in [0.5, 0.6) is 0 Å². The monoisotopic (exact) mass is 360 g/mol. The van der Waals surface area contributed by atoms with Crippen LogP contribution in [-0.4, -0.2) is 0 Å². The zero-order chi connectivity index (χ0) is 19.2. The van der Waals surface area contributed by atoms with Gasteiger partial charge in [0.2, 0.25) is 0 Å². The van der Waals surface area contributed by atoms with Crippen molar-refractivity contribution in [3.63, 3.8) is 0 Å². The van der Waals surface area contributed by atoms with Crippen LogP contribution in [0.15, 0.2) is 60.7 Å². The Morgan fingerprint density at radius 1 is 0.778 bits per heavy atom. The van der Waals surface area contributed by atoms with Crippen LogP contribution >= 0.6 is 0 Å². The molecule has 2 heteroatoms. The van der Waals surface area contributed by atoms with E-state index in [2.05, 4.69) is 18.8 Å². The smallest absolute Gasteiger partial charge is 0.175 e. The lowest BCUT2D eigenvalue weighted by atomic mass is 9.99. The predicted octanol–water partition coefficient (Wildman–Crippen LogP) is 6.68. The summed E-state index contributed by atoms with van der Waals surface area (Å²) in [5, 5.41) is 0. The van der Waals surface area contributed by atoms with Crippen molar-refractivity contribution in [3.05, 3.63) is 94.6 Å². The van der Waals surface area contributed by atoms with Crippen LogP contribution in [0.4, 0.5) is 8.78 Å². The fourth-order valence-electron chi connectivity index (χ4n) is 2.88. The first-order valence-electron chi connectivity index (χ1n) is 9.24. The fraction of sp³-hybridized carbons (Fsp3) is 0.200. The standard InChI is InChI=1S/C25H22F2/c1-3-4-5-19-10-13-21(14-11-19)23-17-16-22(24(26)25(23)27)15-12-20-8-6-18(2)7-9-20/h6-11,13-14,16-17H,3-5H2,1-2H3. The van der Waals surface area contributed by atoms with E-state index in [1.165, 1.54) is 5.56 Å². The lowest BCUT2D eigenvalue weighted by Gasteiger charge is -2.07. The van der Waals surface area contributed by atoms with Crippen LogP contribution in [0.1, 0.15) is 42.0 Å². The quantitative estimate of drug-likeness (QED) is 0.455. The fourth-order valence-corrected chi connectivity index (χ4v) is 2.88. The summed E-state index contributed by atoms with van der Waals surface area (Å²) in [7, 11) is 0. The molecule has 0 aliphatic rings. The van der Waals surface area contributed by atoms with E-state index in [1.54, 1.807) is 12.1 Å². The average Bonchev–Trinajstić information content (AvgIpc) is 2.69. The van der Waals surface area contributed by atoms with E-state index in [0.717, 1.165) is 30.4 Å². The molecule has 0 unspecified atom stereocenters. The number of rotatable bonds is 4. The van der Waals surface area contributed by atoms with Gasteiger partial charge < -0.3 is 0 Å². The van der Waals surface area contributed by atoms with Crippen molar-refractivity contribution < 1.29 is 8.78 Å². The van der Waals surface area contributed by atoms with Gasteiger partial charge in [-0.25, -0.2) is 8.78 Å². The minimum atomic E-state index is -0.901. The second-order valence-corrected chi connectivity index (χ2v) is 6.71. The predicted molar refractivity (Wildman–Crippen MR) is 108 cm³/mol. The number of aryl methyl sites for hydroxylation is 2. The minimum absolute atomic E-state index is 0.0661. The Morgan fingerprint density at radius 2 is 1.48 bits per heavy atom. The molecule has 136 valence electrons. The number of hydrogen-bond acceptors (Lipinski definition) is 0. The van der Waals surface area contributed by atoms with Gasteiger partial charge in [0, 0.05) is 11.1 Å². The first-order valence-corrected chi connectivity index (χ1v) is 9.24. The Hall–Kier alpha value is -2.92. The highest BCUT2D eigenvalue weighted by atomic mass is 19.2. The van der Waals surface area contributed by atoms with Crippen LogP contribution in [0.25, 0.3) is 11.1 Å². The normalized spacial score (nSPS) is 10.4. The van der Waals surface area contributed by atoms with Crippen molar-refractivity contribution in [3.8, 4) is 23.0 Å². The molecule has 3 rings (SSSR count). The van der Waals surface area contributed by atoms with Gasteiger partial charge in [0.1, 0.15) is 0 Å². The zero-order valence-electron chi connectivity index (χ0n) is 15.7. The summed E-state index contributed by atoms with van der Waals surface area (Å²) in [5.41, 5.74) is 4.11. The van der Waals surface area contributed by atoms with Crippen molar-refractivity contribution in [2.45, 2.75) is 33.1 Å². The molecule has 0 aliphatic heterocycles. The Kier molecular flexibility index (Phi) is 6.04. The third-order valence-electron chi connectivity index (χ3n) is 4.56. The molecule has 0 atom stereocenters. The van der Waals surface area contributed by atoms with Crippen LogP contribution < -0.4 is 0 Å². The second kappa shape index (κ2) is 8.64. The van der Waals surface area contributed by atoms with Crippen LogP contribution in [0.2, 0.25) is 0 Å². The molecular weight excluding hydrogens is 338 g/mol. The average molecular weight is 360 g/mol. The van der Waals surface area contributed by atoms with E-state index >= 15 is 0 Å². The van der Waals surface area contributed by atoms with E-state index in [1.807, 2.05) is 55.5 Å². The number of benzene rings is 3. The van der Waals surface area contributed by atoms with Gasteiger partial charge in [-0.1, -0.05) is 67.1 Å². The molecule has 0 N–H and O–H groups in total. The summed E-state index contributed by atoms with van der Waals surface area (Å²) in [5.74, 6) is 3.87. The largest absolute Gasteiger partial charge is 0.203 e.